The Bertz CT molecular complexity index is 512. The van der Waals surface area contributed by atoms with E-state index in [1.165, 1.54) is 24.2 Å². The topological polar surface area (TPSA) is 52.0 Å². The summed E-state index contributed by atoms with van der Waals surface area (Å²) < 4.78 is 10.7. The van der Waals surface area contributed by atoms with Crippen LogP contribution in [0.2, 0.25) is 0 Å². The average molecular weight is 291 g/mol. The molecule has 0 aromatic heterocycles. The van der Waals surface area contributed by atoms with Gasteiger partial charge in [0.15, 0.2) is 18.0 Å². The molecule has 0 aliphatic carbocycles. The lowest BCUT2D eigenvalue weighted by atomic mass is 10.1. The summed E-state index contributed by atoms with van der Waals surface area (Å²) in [7, 11) is 0. The molecule has 21 heavy (non-hydrogen) atoms. The number of piperidine rings is 1. The van der Waals surface area contributed by atoms with E-state index in [1.807, 2.05) is 25.1 Å². The number of rotatable bonds is 4. The molecule has 0 spiro atoms. The zero-order valence-corrected chi connectivity index (χ0v) is 12.5. The van der Waals surface area contributed by atoms with E-state index in [4.69, 9.17) is 9.47 Å². The highest BCUT2D eigenvalue weighted by molar-refractivity contribution is 5.77. The summed E-state index contributed by atoms with van der Waals surface area (Å²) in [6, 6.07) is 5.81. The maximum Gasteiger partial charge on any atom is 0.275 e. The van der Waals surface area contributed by atoms with Gasteiger partial charge in [-0.15, -0.1) is 0 Å². The van der Waals surface area contributed by atoms with E-state index in [9.17, 15) is 4.79 Å². The van der Waals surface area contributed by atoms with Crippen LogP contribution in [0, 0.1) is 0 Å². The Labute approximate surface area is 125 Å². The molecule has 1 aromatic rings. The number of ether oxygens (including phenoxy) is 2. The van der Waals surface area contributed by atoms with Gasteiger partial charge in [0.25, 0.3) is 5.91 Å². The Morgan fingerprint density at radius 2 is 2.00 bits per heavy atom. The summed E-state index contributed by atoms with van der Waals surface area (Å²) in [6.07, 6.45) is 3.78. The van der Waals surface area contributed by atoms with Gasteiger partial charge in [-0.05, 0) is 43.9 Å². The molecular weight excluding hydrogens is 268 g/mol. The molecule has 0 saturated carbocycles. The van der Waals surface area contributed by atoms with Gasteiger partial charge in [0.05, 0.1) is 19.1 Å². The van der Waals surface area contributed by atoms with Crippen LogP contribution in [0.1, 0.15) is 37.8 Å². The second kappa shape index (κ2) is 6.35. The second-order valence-electron chi connectivity index (χ2n) is 5.89. The fourth-order valence-corrected chi connectivity index (χ4v) is 3.01. The molecule has 0 bridgehead atoms. The number of likely N-dealkylation sites (tertiary alicyclic amines) is 1. The van der Waals surface area contributed by atoms with Crippen molar-refractivity contribution in [2.24, 2.45) is 0 Å². The van der Waals surface area contributed by atoms with E-state index in [2.05, 4.69) is 5.32 Å². The first-order chi connectivity index (χ1) is 10.2. The Morgan fingerprint density at radius 1 is 1.24 bits per heavy atom. The molecule has 2 aliphatic rings. The molecule has 2 N–H and O–H groups in total. The molecule has 1 saturated heterocycles. The zero-order chi connectivity index (χ0) is 14.7. The van der Waals surface area contributed by atoms with Gasteiger partial charge < -0.3 is 19.7 Å². The molecule has 5 nitrogen and oxygen atoms in total. The molecule has 1 fully saturated rings. The Morgan fingerprint density at radius 3 is 2.81 bits per heavy atom. The van der Waals surface area contributed by atoms with Crippen LogP contribution in [0.5, 0.6) is 11.5 Å². The number of carbonyl (C=O) groups excluding carboxylic acids is 1. The van der Waals surface area contributed by atoms with Crippen molar-refractivity contribution in [1.82, 2.24) is 5.32 Å². The van der Waals surface area contributed by atoms with Gasteiger partial charge in [-0.25, -0.2) is 0 Å². The van der Waals surface area contributed by atoms with E-state index in [1.54, 1.807) is 0 Å². The fraction of sp³-hybridized carbons (Fsp3) is 0.562. The normalized spacial score (nSPS) is 19.3. The molecule has 3 rings (SSSR count). The number of amides is 1. The van der Waals surface area contributed by atoms with Crippen molar-refractivity contribution < 1.29 is 19.2 Å². The summed E-state index contributed by atoms with van der Waals surface area (Å²) >= 11 is 0. The smallest absolute Gasteiger partial charge is 0.275 e. The maximum absolute atomic E-state index is 12.1. The van der Waals surface area contributed by atoms with Crippen LogP contribution in [-0.2, 0) is 4.79 Å². The second-order valence-corrected chi connectivity index (χ2v) is 5.89. The molecule has 2 aliphatic heterocycles. The molecule has 1 amide bonds. The van der Waals surface area contributed by atoms with E-state index >= 15 is 0 Å². The molecule has 1 atom stereocenters. The van der Waals surface area contributed by atoms with Crippen LogP contribution < -0.4 is 19.7 Å². The summed E-state index contributed by atoms with van der Waals surface area (Å²) in [5.74, 6) is 1.65. The van der Waals surface area contributed by atoms with Gasteiger partial charge in [-0.2, -0.15) is 0 Å². The number of quaternary nitrogens is 1. The highest BCUT2D eigenvalue weighted by Gasteiger charge is 2.20. The van der Waals surface area contributed by atoms with E-state index < -0.39 is 0 Å². The molecular formula is C16H23N2O3+. The van der Waals surface area contributed by atoms with Crippen molar-refractivity contribution >= 4 is 5.91 Å². The first-order valence-corrected chi connectivity index (χ1v) is 7.75. The van der Waals surface area contributed by atoms with Gasteiger partial charge >= 0.3 is 0 Å². The molecule has 1 aromatic carbocycles. The first-order valence-electron chi connectivity index (χ1n) is 7.75. The lowest BCUT2D eigenvalue weighted by Gasteiger charge is -2.24. The van der Waals surface area contributed by atoms with Crippen LogP contribution in [0.15, 0.2) is 18.2 Å². The highest BCUT2D eigenvalue weighted by atomic mass is 16.7. The lowest BCUT2D eigenvalue weighted by molar-refractivity contribution is -0.896. The minimum Gasteiger partial charge on any atom is -0.454 e. The number of nitrogens with one attached hydrogen (secondary N) is 2. The standard InChI is InChI=1S/C16H22N2O3/c1-12(13-5-6-14-15(9-13)21-11-20-14)17-16(19)10-18-7-3-2-4-8-18/h5-6,9,12H,2-4,7-8,10-11H2,1H3,(H,17,19)/p+1/t12-/m1/s1. The van der Waals surface area contributed by atoms with Crippen LogP contribution in [-0.4, -0.2) is 32.3 Å². The number of fused-ring (bicyclic) bond motifs is 1. The number of hydrogen-bond acceptors (Lipinski definition) is 3. The first kappa shape index (κ1) is 14.2. The van der Waals surface area contributed by atoms with Gasteiger partial charge in [0.1, 0.15) is 0 Å². The van der Waals surface area contributed by atoms with Crippen LogP contribution >= 0.6 is 0 Å². The van der Waals surface area contributed by atoms with Crippen molar-refractivity contribution in [1.29, 1.82) is 0 Å². The highest BCUT2D eigenvalue weighted by Crippen LogP contribution is 2.34. The van der Waals surface area contributed by atoms with Gasteiger partial charge in [-0.3, -0.25) is 4.79 Å². The minimum absolute atomic E-state index is 0.0174. The number of benzene rings is 1. The summed E-state index contributed by atoms with van der Waals surface area (Å²) in [5, 5.41) is 3.08. The average Bonchev–Trinajstić information content (AvgIpc) is 2.95. The molecule has 5 heteroatoms. The van der Waals surface area contributed by atoms with Gasteiger partial charge in [-0.1, -0.05) is 6.07 Å². The van der Waals surface area contributed by atoms with Crippen molar-refractivity contribution in [2.45, 2.75) is 32.2 Å². The lowest BCUT2D eigenvalue weighted by Crippen LogP contribution is -3.13. The van der Waals surface area contributed by atoms with Crippen LogP contribution in [0.4, 0.5) is 0 Å². The van der Waals surface area contributed by atoms with Crippen molar-refractivity contribution in [2.75, 3.05) is 26.4 Å². The minimum atomic E-state index is -0.0174. The van der Waals surface area contributed by atoms with E-state index in [0.29, 0.717) is 6.54 Å². The summed E-state index contributed by atoms with van der Waals surface area (Å²) in [6.45, 7) is 5.09. The molecule has 2 heterocycles. The maximum atomic E-state index is 12.1. The molecule has 0 radical (unpaired) electrons. The summed E-state index contributed by atoms with van der Waals surface area (Å²) in [5.41, 5.74) is 1.04. The molecule has 0 unspecified atom stereocenters. The quantitative estimate of drug-likeness (QED) is 0.857. The monoisotopic (exact) mass is 291 g/mol. The van der Waals surface area contributed by atoms with Gasteiger partial charge in [0, 0.05) is 0 Å². The predicted molar refractivity (Wildman–Crippen MR) is 78.5 cm³/mol. The van der Waals surface area contributed by atoms with Crippen LogP contribution in [0.25, 0.3) is 0 Å². The SMILES string of the molecule is C[C@@H](NC(=O)C[NH+]1CCCCC1)c1ccc2c(c1)OCO2. The van der Waals surface area contributed by atoms with Crippen LogP contribution in [0.3, 0.4) is 0 Å². The Hall–Kier alpha value is -1.75. The fourth-order valence-electron chi connectivity index (χ4n) is 3.01. The van der Waals surface area contributed by atoms with Crippen molar-refractivity contribution in [3.63, 3.8) is 0 Å². The third-order valence-corrected chi connectivity index (χ3v) is 4.25. The van der Waals surface area contributed by atoms with E-state index in [0.717, 1.165) is 30.2 Å². The van der Waals surface area contributed by atoms with Crippen molar-refractivity contribution in [3.05, 3.63) is 23.8 Å². The third kappa shape index (κ3) is 3.47. The number of hydrogen-bond donors (Lipinski definition) is 2. The third-order valence-electron chi connectivity index (χ3n) is 4.25. The number of carbonyl (C=O) groups is 1. The van der Waals surface area contributed by atoms with E-state index in [-0.39, 0.29) is 18.7 Å². The van der Waals surface area contributed by atoms with Gasteiger partial charge in [0.2, 0.25) is 6.79 Å². The Kier molecular flexibility index (Phi) is 4.29. The van der Waals surface area contributed by atoms with Crippen molar-refractivity contribution in [3.8, 4) is 11.5 Å². The summed E-state index contributed by atoms with van der Waals surface area (Å²) in [4.78, 5) is 13.5. The Balaban J connectivity index is 1.55. The predicted octanol–water partition coefficient (Wildman–Crippen LogP) is 0.661. The molecule has 114 valence electrons. The largest absolute Gasteiger partial charge is 0.454 e. The zero-order valence-electron chi connectivity index (χ0n) is 12.5.